The lowest BCUT2D eigenvalue weighted by atomic mass is 9.88. The van der Waals surface area contributed by atoms with E-state index < -0.39 is 17.2 Å². The predicted molar refractivity (Wildman–Crippen MR) is 125 cm³/mol. The largest absolute Gasteiger partial charge is 0.347 e. The number of hydrogen-bond donors (Lipinski definition) is 2. The molecule has 1 fully saturated rings. The molecule has 1 aliphatic rings. The average Bonchev–Trinajstić information content (AvgIpc) is 3.32. The summed E-state index contributed by atoms with van der Waals surface area (Å²) in [5, 5.41) is 21.6. The summed E-state index contributed by atoms with van der Waals surface area (Å²) < 4.78 is 30.2. The highest BCUT2D eigenvalue weighted by atomic mass is 32.2. The number of hydrogen-bond acceptors (Lipinski definition) is 6. The number of benzene rings is 1. The maximum absolute atomic E-state index is 14.7. The third-order valence-electron chi connectivity index (χ3n) is 5.91. The second kappa shape index (κ2) is 7.95. The Morgan fingerprint density at radius 1 is 1.19 bits per heavy atom. The van der Waals surface area contributed by atoms with Gasteiger partial charge in [-0.2, -0.15) is 5.10 Å². The topological polar surface area (TPSA) is 81.1 Å². The van der Waals surface area contributed by atoms with E-state index in [1.807, 2.05) is 32.6 Å². The summed E-state index contributed by atoms with van der Waals surface area (Å²) in [6, 6.07) is 5.36. The predicted octanol–water partition coefficient (Wildman–Crippen LogP) is 5.61. The van der Waals surface area contributed by atoms with Crippen LogP contribution in [0.25, 0.3) is 5.65 Å². The van der Waals surface area contributed by atoms with Gasteiger partial charge in [0, 0.05) is 23.7 Å². The summed E-state index contributed by atoms with van der Waals surface area (Å²) in [4.78, 5) is 6.76. The molecule has 0 bridgehead atoms. The molecule has 1 saturated heterocycles. The van der Waals surface area contributed by atoms with Crippen LogP contribution in [0.15, 0.2) is 36.7 Å². The molecule has 0 amide bonds. The van der Waals surface area contributed by atoms with Crippen molar-refractivity contribution in [3.8, 4) is 0 Å². The van der Waals surface area contributed by atoms with Crippen molar-refractivity contribution < 1.29 is 8.78 Å². The van der Waals surface area contributed by atoms with Crippen molar-refractivity contribution in [3.05, 3.63) is 59.4 Å². The molecule has 168 valence electrons. The monoisotopic (exact) mass is 456 g/mol. The van der Waals surface area contributed by atoms with E-state index in [2.05, 4.69) is 5.10 Å². The van der Waals surface area contributed by atoms with Crippen LogP contribution >= 0.6 is 11.8 Å². The van der Waals surface area contributed by atoms with Crippen LogP contribution in [-0.2, 0) is 5.54 Å². The summed E-state index contributed by atoms with van der Waals surface area (Å²) in [5.41, 5.74) is 0.242. The first-order valence-corrected chi connectivity index (χ1v) is 11.3. The number of thioether (sulfide) groups is 1. The Morgan fingerprint density at radius 2 is 1.94 bits per heavy atom. The van der Waals surface area contributed by atoms with Gasteiger partial charge in [-0.25, -0.2) is 18.3 Å². The van der Waals surface area contributed by atoms with Crippen molar-refractivity contribution in [1.29, 1.82) is 10.8 Å². The van der Waals surface area contributed by atoms with Gasteiger partial charge in [-0.05, 0) is 44.0 Å². The van der Waals surface area contributed by atoms with Crippen LogP contribution in [0.3, 0.4) is 0 Å². The van der Waals surface area contributed by atoms with Crippen molar-refractivity contribution in [3.63, 3.8) is 0 Å². The summed E-state index contributed by atoms with van der Waals surface area (Å²) in [7, 11) is 0. The first-order chi connectivity index (χ1) is 15.0. The van der Waals surface area contributed by atoms with Gasteiger partial charge in [-0.3, -0.25) is 10.8 Å². The van der Waals surface area contributed by atoms with Gasteiger partial charge in [0.05, 0.1) is 22.3 Å². The molecule has 0 aliphatic carbocycles. The number of nitrogens with zero attached hydrogens (tertiary/aromatic N) is 4. The van der Waals surface area contributed by atoms with Gasteiger partial charge in [0.15, 0.2) is 5.65 Å². The minimum absolute atomic E-state index is 0.199. The first kappa shape index (κ1) is 22.4. The fourth-order valence-electron chi connectivity index (χ4n) is 4.00. The number of anilines is 1. The van der Waals surface area contributed by atoms with E-state index in [4.69, 9.17) is 15.8 Å². The van der Waals surface area contributed by atoms with Crippen LogP contribution in [-0.4, -0.2) is 31.2 Å². The lowest BCUT2D eigenvalue weighted by Crippen LogP contribution is -2.40. The van der Waals surface area contributed by atoms with E-state index in [1.54, 1.807) is 23.0 Å². The Bertz CT molecular complexity index is 1210. The van der Waals surface area contributed by atoms with Crippen molar-refractivity contribution in [2.45, 2.75) is 46.1 Å². The van der Waals surface area contributed by atoms with Crippen molar-refractivity contribution in [2.24, 2.45) is 5.41 Å². The Balaban J connectivity index is 1.72. The molecule has 2 aromatic heterocycles. The Kier molecular flexibility index (Phi) is 5.56. The summed E-state index contributed by atoms with van der Waals surface area (Å²) >= 11 is 1.09. The second-order valence-electron chi connectivity index (χ2n) is 9.28. The molecule has 9 heteroatoms. The van der Waals surface area contributed by atoms with Gasteiger partial charge < -0.3 is 4.90 Å². The maximum atomic E-state index is 14.7. The number of aromatic nitrogens is 3. The molecule has 6 nitrogen and oxygen atoms in total. The molecule has 1 aromatic carbocycles. The second-order valence-corrected chi connectivity index (χ2v) is 10.3. The molecule has 1 atom stereocenters. The molecule has 0 radical (unpaired) electrons. The Morgan fingerprint density at radius 3 is 2.66 bits per heavy atom. The first-order valence-electron chi connectivity index (χ1n) is 10.4. The molecule has 1 aliphatic heterocycles. The standard InChI is InChI=1S/C23H26F2N6S/c1-22(2,3)21(27)32-19(26)15-13-28-31-11-8-18(29-20(15)31)30-10-5-9-23(30,4)16-12-14(24)6-7-17(16)25/h6-8,11-13,26-27H,5,9-10H2,1-4H3/t23-/m1/s1. The summed E-state index contributed by atoms with van der Waals surface area (Å²) in [6.07, 6.45) is 4.82. The minimum atomic E-state index is -0.742. The lowest BCUT2D eigenvalue weighted by Gasteiger charge is -2.37. The Labute approximate surface area is 190 Å². The van der Waals surface area contributed by atoms with E-state index in [9.17, 15) is 8.78 Å². The third-order valence-corrected chi connectivity index (χ3v) is 7.15. The van der Waals surface area contributed by atoms with Crippen LogP contribution in [0, 0.1) is 27.9 Å². The van der Waals surface area contributed by atoms with E-state index in [0.717, 1.165) is 24.2 Å². The fourth-order valence-corrected chi connectivity index (χ4v) is 4.77. The molecule has 32 heavy (non-hydrogen) atoms. The van der Waals surface area contributed by atoms with Crippen molar-refractivity contribution in [2.75, 3.05) is 11.4 Å². The number of rotatable bonds is 3. The number of nitrogens with one attached hydrogen (secondary N) is 2. The Hall–Kier alpha value is -2.81. The van der Waals surface area contributed by atoms with Crippen LogP contribution in [0.1, 0.15) is 51.7 Å². The average molecular weight is 457 g/mol. The van der Waals surface area contributed by atoms with Crippen LogP contribution in [0.5, 0.6) is 0 Å². The normalized spacial score (nSPS) is 19.0. The highest BCUT2D eigenvalue weighted by molar-refractivity contribution is 8.26. The minimum Gasteiger partial charge on any atom is -0.347 e. The quantitative estimate of drug-likeness (QED) is 0.397. The van der Waals surface area contributed by atoms with Gasteiger partial charge in [0.2, 0.25) is 0 Å². The maximum Gasteiger partial charge on any atom is 0.167 e. The van der Waals surface area contributed by atoms with Gasteiger partial charge in [-0.1, -0.05) is 32.5 Å². The van der Waals surface area contributed by atoms with Gasteiger partial charge in [-0.15, -0.1) is 0 Å². The van der Waals surface area contributed by atoms with Crippen LogP contribution in [0.4, 0.5) is 14.6 Å². The highest BCUT2D eigenvalue weighted by Gasteiger charge is 2.41. The number of halogens is 2. The summed E-state index contributed by atoms with van der Waals surface area (Å²) in [6.45, 7) is 8.36. The molecule has 3 aromatic rings. The van der Waals surface area contributed by atoms with Crippen molar-refractivity contribution >= 4 is 33.3 Å². The molecule has 4 rings (SSSR count). The zero-order chi connectivity index (χ0) is 23.3. The molecule has 0 unspecified atom stereocenters. The van der Waals surface area contributed by atoms with Gasteiger partial charge in [0.25, 0.3) is 0 Å². The van der Waals surface area contributed by atoms with Gasteiger partial charge in [0.1, 0.15) is 22.5 Å². The SMILES string of the molecule is CC(C)(C)C(=N)SC(=N)c1cnn2ccc(N3CCC[C@]3(C)c3cc(F)ccc3F)nc12. The fraction of sp³-hybridized carbons (Fsp3) is 0.391. The molecule has 2 N–H and O–H groups in total. The van der Waals surface area contributed by atoms with E-state index in [0.29, 0.717) is 40.6 Å². The molecular weight excluding hydrogens is 430 g/mol. The zero-order valence-corrected chi connectivity index (χ0v) is 19.4. The lowest BCUT2D eigenvalue weighted by molar-refractivity contribution is 0.451. The zero-order valence-electron chi connectivity index (χ0n) is 18.5. The molecule has 3 heterocycles. The van der Waals surface area contributed by atoms with E-state index >= 15 is 0 Å². The third kappa shape index (κ3) is 3.90. The molecular formula is C23H26F2N6S. The van der Waals surface area contributed by atoms with E-state index in [1.165, 1.54) is 12.1 Å². The van der Waals surface area contributed by atoms with E-state index in [-0.39, 0.29) is 10.5 Å². The summed E-state index contributed by atoms with van der Waals surface area (Å²) in [5.74, 6) is -0.292. The van der Waals surface area contributed by atoms with Crippen LogP contribution < -0.4 is 4.90 Å². The highest BCUT2D eigenvalue weighted by Crippen LogP contribution is 2.42. The van der Waals surface area contributed by atoms with Crippen molar-refractivity contribution in [1.82, 2.24) is 14.6 Å². The van der Waals surface area contributed by atoms with Gasteiger partial charge >= 0.3 is 0 Å². The smallest absolute Gasteiger partial charge is 0.167 e. The van der Waals surface area contributed by atoms with Crippen LogP contribution in [0.2, 0.25) is 0 Å². The number of fused-ring (bicyclic) bond motifs is 1. The molecule has 0 spiro atoms. The molecule has 0 saturated carbocycles.